The molecule has 6 heterocycles. The van der Waals surface area contributed by atoms with Crippen molar-refractivity contribution >= 4 is 78.1 Å². The van der Waals surface area contributed by atoms with Crippen LogP contribution in [0.25, 0.3) is 20.7 Å². The number of ether oxygens (including phenoxy) is 3. The van der Waals surface area contributed by atoms with Gasteiger partial charge in [-0.2, -0.15) is 13.2 Å². The number of methoxy groups -OCH3 is 2. The van der Waals surface area contributed by atoms with Gasteiger partial charge in [-0.3, -0.25) is 15.4 Å². The number of pyridine rings is 2. The summed E-state index contributed by atoms with van der Waals surface area (Å²) in [5, 5.41) is 9.35. The van der Waals surface area contributed by atoms with Crippen LogP contribution < -0.4 is 31.2 Å². The second kappa shape index (κ2) is 17.6. The molecule has 0 radical (unpaired) electrons. The number of urea groups is 2. The lowest BCUT2D eigenvalue weighted by Gasteiger charge is -2.22. The molecule has 4 aromatic rings. The number of alkyl carbamates (subject to hydrolysis) is 1. The lowest BCUT2D eigenvalue weighted by Crippen LogP contribution is -2.42. The average molecular weight is 785 g/mol. The molecule has 53 heavy (non-hydrogen) atoms. The maximum Gasteiger partial charge on any atom is 0.446 e. The van der Waals surface area contributed by atoms with Crippen molar-refractivity contribution in [3.05, 3.63) is 24.5 Å². The van der Waals surface area contributed by atoms with E-state index < -0.39 is 24.2 Å². The van der Waals surface area contributed by atoms with Crippen molar-refractivity contribution in [2.24, 2.45) is 5.73 Å². The minimum absolute atomic E-state index is 0.0675. The van der Waals surface area contributed by atoms with Gasteiger partial charge in [0.15, 0.2) is 10.3 Å². The molecular weight excluding hydrogens is 746 g/mol. The van der Waals surface area contributed by atoms with Crippen LogP contribution in [0, 0.1) is 0 Å². The molecule has 5 amide bonds. The molecule has 0 saturated carbocycles. The third-order valence-corrected chi connectivity index (χ3v) is 8.99. The number of fused-ring (bicyclic) bond motifs is 2. The second-order valence-electron chi connectivity index (χ2n) is 12.5. The highest BCUT2D eigenvalue weighted by molar-refractivity contribution is 7.22. The molecule has 2 saturated heterocycles. The van der Waals surface area contributed by atoms with Crippen molar-refractivity contribution < 1.29 is 46.6 Å². The summed E-state index contributed by atoms with van der Waals surface area (Å²) in [5.41, 5.74) is 6.52. The van der Waals surface area contributed by atoms with Crippen molar-refractivity contribution in [2.75, 3.05) is 51.0 Å². The molecule has 0 spiro atoms. The Hall–Kier alpha value is -5.09. The first kappa shape index (κ1) is 40.7. The Balaban J connectivity index is 0.000000212. The van der Waals surface area contributed by atoms with Crippen LogP contribution in [0.4, 0.5) is 37.8 Å². The van der Waals surface area contributed by atoms with Crippen molar-refractivity contribution in [1.29, 1.82) is 0 Å². The largest absolute Gasteiger partial charge is 0.494 e. The molecule has 17 nitrogen and oxygen atoms in total. The third kappa shape index (κ3) is 12.0. The van der Waals surface area contributed by atoms with Crippen molar-refractivity contribution in [1.82, 2.24) is 35.1 Å². The predicted octanol–water partition coefficient (Wildman–Crippen LogP) is 4.84. The first-order valence-corrected chi connectivity index (χ1v) is 17.6. The van der Waals surface area contributed by atoms with Gasteiger partial charge in [0.2, 0.25) is 6.29 Å². The highest BCUT2D eigenvalue weighted by Crippen LogP contribution is 2.32. The van der Waals surface area contributed by atoms with E-state index in [9.17, 15) is 27.6 Å². The number of amides is 5. The number of likely N-dealkylation sites (tertiary alicyclic amines) is 2. The molecule has 2 fully saturated rings. The molecule has 5 N–H and O–H groups in total. The van der Waals surface area contributed by atoms with Gasteiger partial charge < -0.3 is 35.1 Å². The van der Waals surface area contributed by atoms with Gasteiger partial charge in [-0.25, -0.2) is 34.3 Å². The fourth-order valence-corrected chi connectivity index (χ4v) is 6.54. The number of hydrogen-bond donors (Lipinski definition) is 4. The number of nitrogens with one attached hydrogen (secondary N) is 3. The zero-order chi connectivity index (χ0) is 38.9. The number of halogens is 3. The Morgan fingerprint density at radius 2 is 1.34 bits per heavy atom. The number of carbonyl (C=O) groups is 4. The number of aldehydes is 1. The Kier molecular flexibility index (Phi) is 13.5. The summed E-state index contributed by atoms with van der Waals surface area (Å²) in [6, 6.07) is 2.96. The number of aromatic nitrogens is 4. The van der Waals surface area contributed by atoms with Crippen LogP contribution >= 0.6 is 22.7 Å². The first-order chi connectivity index (χ1) is 25.0. The number of anilines is 2. The Labute approximate surface area is 309 Å². The van der Waals surface area contributed by atoms with E-state index in [4.69, 9.17) is 24.7 Å². The molecule has 2 aliphatic rings. The van der Waals surface area contributed by atoms with Gasteiger partial charge in [0.05, 0.1) is 20.3 Å². The summed E-state index contributed by atoms with van der Waals surface area (Å²) in [5.74, 6) is 1.26. The average Bonchev–Trinajstić information content (AvgIpc) is 3.90. The Morgan fingerprint density at radius 3 is 1.75 bits per heavy atom. The molecular formula is C31H39F3N10O7S2. The van der Waals surface area contributed by atoms with Gasteiger partial charge in [-0.15, -0.1) is 0 Å². The lowest BCUT2D eigenvalue weighted by molar-refractivity contribution is -0.156. The number of hydrogen-bond acceptors (Lipinski definition) is 14. The van der Waals surface area contributed by atoms with E-state index in [0.29, 0.717) is 70.2 Å². The van der Waals surface area contributed by atoms with E-state index in [0.717, 1.165) is 11.3 Å². The topological polar surface area (TPSA) is 216 Å². The fourth-order valence-electron chi connectivity index (χ4n) is 4.91. The molecule has 288 valence electrons. The number of nitrogens with two attached hydrogens (primary N) is 1. The molecule has 0 aliphatic carbocycles. The van der Waals surface area contributed by atoms with Crippen molar-refractivity contribution in [2.45, 2.75) is 57.5 Å². The number of alkyl halides is 3. The fraction of sp³-hybridized carbons (Fsp3) is 0.484. The van der Waals surface area contributed by atoms with Gasteiger partial charge in [-0.05, 0) is 33.6 Å². The molecule has 2 aliphatic heterocycles. The molecule has 0 aromatic carbocycles. The monoisotopic (exact) mass is 784 g/mol. The number of carbonyl (C=O) groups excluding carboxylic acids is 4. The van der Waals surface area contributed by atoms with Crippen molar-refractivity contribution in [3.63, 3.8) is 0 Å². The first-order valence-electron chi connectivity index (χ1n) is 16.0. The van der Waals surface area contributed by atoms with Crippen LogP contribution in [0.15, 0.2) is 24.5 Å². The summed E-state index contributed by atoms with van der Waals surface area (Å²) < 4.78 is 47.0. The molecule has 22 heteroatoms. The normalized spacial score (nSPS) is 16.9. The SMILES string of the molecule is COc1ccnc2sc(NC(=O)N3CC[C@@H](N)C3)nc12.COc1ccnc2sc(NC(=O)N3CC[C@@H](NC(=O)OC(C)(C)C)C3)nc12.O=CC(F)(F)F. The van der Waals surface area contributed by atoms with Crippen LogP contribution in [0.2, 0.25) is 0 Å². The standard InChI is InChI=1S/C17H23N5O4S.C12H15N5O2S.C2HF3O/c1-17(2,3)26-16(24)19-10-6-8-22(9-10)15(23)21-14-20-12-11(25-4)5-7-18-13(12)27-14;1-19-8-2-4-14-10-9(8)15-11(20-10)16-12(18)17-5-3-7(13)6-17;3-2(4,5)1-6/h5,7,10H,6,8-9H2,1-4H3,(H,19,24)(H,20,21,23);2,4,7H,3,5-6,13H2,1H3,(H,15,16,18);1H/t10-;7-;/m11./s1. The molecule has 0 bridgehead atoms. The summed E-state index contributed by atoms with van der Waals surface area (Å²) in [7, 11) is 3.15. The van der Waals surface area contributed by atoms with E-state index in [1.54, 1.807) is 48.5 Å². The predicted molar refractivity (Wildman–Crippen MR) is 192 cm³/mol. The van der Waals surface area contributed by atoms with E-state index in [2.05, 4.69) is 35.9 Å². The summed E-state index contributed by atoms with van der Waals surface area (Å²) in [6.07, 6.45) is -1.38. The molecule has 2 atom stereocenters. The molecule has 0 unspecified atom stereocenters. The van der Waals surface area contributed by atoms with Crippen LogP contribution in [-0.4, -0.2) is 118 Å². The van der Waals surface area contributed by atoms with Crippen LogP contribution in [0.1, 0.15) is 33.6 Å². The Morgan fingerprint density at radius 1 is 0.868 bits per heavy atom. The van der Waals surface area contributed by atoms with Crippen LogP contribution in [0.5, 0.6) is 11.5 Å². The van der Waals surface area contributed by atoms with Gasteiger partial charge >= 0.3 is 24.3 Å². The van der Waals surface area contributed by atoms with E-state index in [-0.39, 0.29) is 24.1 Å². The Bertz CT molecular complexity index is 1900. The smallest absolute Gasteiger partial charge is 0.446 e. The van der Waals surface area contributed by atoms with E-state index in [1.165, 1.54) is 22.7 Å². The van der Waals surface area contributed by atoms with Gasteiger partial charge in [-0.1, -0.05) is 22.7 Å². The highest BCUT2D eigenvalue weighted by atomic mass is 32.1. The number of rotatable bonds is 5. The lowest BCUT2D eigenvalue weighted by atomic mass is 10.2. The quantitative estimate of drug-likeness (QED) is 0.200. The van der Waals surface area contributed by atoms with Crippen LogP contribution in [0.3, 0.4) is 0 Å². The van der Waals surface area contributed by atoms with E-state index >= 15 is 0 Å². The number of thiazole rings is 2. The maximum absolute atomic E-state index is 12.5. The minimum Gasteiger partial charge on any atom is -0.494 e. The van der Waals surface area contributed by atoms with Crippen molar-refractivity contribution in [3.8, 4) is 11.5 Å². The van der Waals surface area contributed by atoms with Gasteiger partial charge in [0, 0.05) is 56.7 Å². The second-order valence-corrected chi connectivity index (χ2v) is 14.4. The van der Waals surface area contributed by atoms with Gasteiger partial charge in [0.25, 0.3) is 0 Å². The zero-order valence-corrected chi connectivity index (χ0v) is 31.0. The summed E-state index contributed by atoms with van der Waals surface area (Å²) in [6.45, 7) is 7.64. The van der Waals surface area contributed by atoms with E-state index in [1.807, 2.05) is 20.8 Å². The molecule has 4 aromatic heterocycles. The maximum atomic E-state index is 12.5. The summed E-state index contributed by atoms with van der Waals surface area (Å²) in [4.78, 5) is 67.1. The minimum atomic E-state index is -4.64. The zero-order valence-electron chi connectivity index (χ0n) is 29.4. The van der Waals surface area contributed by atoms with Gasteiger partial charge in [0.1, 0.15) is 37.8 Å². The third-order valence-electron chi connectivity index (χ3n) is 7.23. The number of nitrogens with zero attached hydrogens (tertiary/aromatic N) is 6. The van der Waals surface area contributed by atoms with Crippen LogP contribution in [-0.2, 0) is 9.53 Å². The molecule has 6 rings (SSSR count). The summed E-state index contributed by atoms with van der Waals surface area (Å²) >= 11 is 2.60. The highest BCUT2D eigenvalue weighted by Gasteiger charge is 2.30.